The van der Waals surface area contributed by atoms with Crippen LogP contribution in [-0.2, 0) is 14.6 Å². The van der Waals surface area contributed by atoms with Gasteiger partial charge in [0, 0.05) is 12.7 Å². The van der Waals surface area contributed by atoms with Crippen LogP contribution >= 0.6 is 0 Å². The summed E-state index contributed by atoms with van der Waals surface area (Å²) in [6.45, 7) is 2.28. The number of ether oxygens (including phenoxy) is 1. The predicted octanol–water partition coefficient (Wildman–Crippen LogP) is 1.25. The van der Waals surface area contributed by atoms with Crippen molar-refractivity contribution in [1.82, 2.24) is 4.98 Å². The number of nitrogens with one attached hydrogen (secondary N) is 1. The maximum atomic E-state index is 11.8. The molecule has 0 radical (unpaired) electrons. The molecular formula is C13H18N2O4S. The van der Waals surface area contributed by atoms with E-state index in [-0.39, 0.29) is 18.9 Å². The van der Waals surface area contributed by atoms with Crippen molar-refractivity contribution in [2.24, 2.45) is 0 Å². The second-order valence-electron chi connectivity index (χ2n) is 4.63. The molecule has 1 atom stereocenters. The first-order valence-corrected chi connectivity index (χ1v) is 8.33. The number of aromatic nitrogens is 1. The molecule has 1 N–H and O–H groups in total. The smallest absolute Gasteiger partial charge is 0.341 e. The summed E-state index contributed by atoms with van der Waals surface area (Å²) in [6, 6.07) is 3.25. The normalized spacial score (nSPS) is 20.6. The number of carbonyl (C=O) groups excluding carboxylic acids is 1. The molecule has 1 saturated heterocycles. The van der Waals surface area contributed by atoms with E-state index in [9.17, 15) is 13.2 Å². The molecule has 1 aliphatic heterocycles. The molecule has 7 heteroatoms. The molecule has 2 rings (SSSR count). The largest absolute Gasteiger partial charge is 0.462 e. The SMILES string of the molecule is CCOC(=O)c1cccnc1NCC1CCCS1(=O)=O. The van der Waals surface area contributed by atoms with E-state index in [1.165, 1.54) is 0 Å². The fourth-order valence-corrected chi connectivity index (χ4v) is 3.98. The van der Waals surface area contributed by atoms with E-state index in [0.717, 1.165) is 0 Å². The van der Waals surface area contributed by atoms with Gasteiger partial charge in [-0.15, -0.1) is 0 Å². The molecular weight excluding hydrogens is 280 g/mol. The van der Waals surface area contributed by atoms with Crippen molar-refractivity contribution < 1.29 is 17.9 Å². The summed E-state index contributed by atoms with van der Waals surface area (Å²) in [5.41, 5.74) is 0.324. The topological polar surface area (TPSA) is 85.4 Å². The van der Waals surface area contributed by atoms with Crippen LogP contribution < -0.4 is 5.32 Å². The highest BCUT2D eigenvalue weighted by Gasteiger charge is 2.31. The Labute approximate surface area is 118 Å². The van der Waals surface area contributed by atoms with Gasteiger partial charge in [-0.2, -0.15) is 0 Å². The third kappa shape index (κ3) is 3.27. The zero-order valence-electron chi connectivity index (χ0n) is 11.3. The monoisotopic (exact) mass is 298 g/mol. The molecule has 1 fully saturated rings. The summed E-state index contributed by atoms with van der Waals surface area (Å²) in [7, 11) is -3.01. The van der Waals surface area contributed by atoms with Crippen LogP contribution in [0.1, 0.15) is 30.1 Å². The zero-order chi connectivity index (χ0) is 14.6. The fourth-order valence-electron chi connectivity index (χ4n) is 2.22. The Kier molecular flexibility index (Phi) is 4.59. The van der Waals surface area contributed by atoms with E-state index >= 15 is 0 Å². The molecule has 0 bridgehead atoms. The highest BCUT2D eigenvalue weighted by Crippen LogP contribution is 2.21. The van der Waals surface area contributed by atoms with E-state index in [1.807, 2.05) is 0 Å². The van der Waals surface area contributed by atoms with Crippen molar-refractivity contribution in [3.8, 4) is 0 Å². The molecule has 2 heterocycles. The standard InChI is InChI=1S/C13H18N2O4S/c1-2-19-13(16)11-6-3-7-14-12(11)15-9-10-5-4-8-20(10,17)18/h3,6-7,10H,2,4-5,8-9H2,1H3,(H,14,15). The van der Waals surface area contributed by atoms with Crippen LogP contribution in [-0.4, -0.2) is 43.5 Å². The molecule has 6 nitrogen and oxygen atoms in total. The average Bonchev–Trinajstić information content (AvgIpc) is 2.76. The van der Waals surface area contributed by atoms with Crippen LogP contribution in [0.2, 0.25) is 0 Å². The molecule has 1 aromatic heterocycles. The van der Waals surface area contributed by atoms with E-state index in [1.54, 1.807) is 25.3 Å². The van der Waals surface area contributed by atoms with E-state index in [2.05, 4.69) is 10.3 Å². The van der Waals surface area contributed by atoms with E-state index in [4.69, 9.17) is 4.74 Å². The molecule has 0 amide bonds. The summed E-state index contributed by atoms with van der Waals surface area (Å²) in [5.74, 6) is 0.150. The van der Waals surface area contributed by atoms with Gasteiger partial charge in [0.2, 0.25) is 0 Å². The van der Waals surface area contributed by atoms with Crippen LogP contribution in [0.4, 0.5) is 5.82 Å². The number of hydrogen-bond acceptors (Lipinski definition) is 6. The van der Waals surface area contributed by atoms with Gasteiger partial charge in [0.15, 0.2) is 9.84 Å². The lowest BCUT2D eigenvalue weighted by atomic mass is 10.2. The molecule has 0 aliphatic carbocycles. The minimum Gasteiger partial charge on any atom is -0.462 e. The summed E-state index contributed by atoms with van der Waals surface area (Å²) in [4.78, 5) is 15.9. The highest BCUT2D eigenvalue weighted by atomic mass is 32.2. The number of esters is 1. The van der Waals surface area contributed by atoms with Gasteiger partial charge in [0.05, 0.1) is 17.6 Å². The van der Waals surface area contributed by atoms with Gasteiger partial charge in [0.25, 0.3) is 0 Å². The fraction of sp³-hybridized carbons (Fsp3) is 0.538. The van der Waals surface area contributed by atoms with Crippen molar-refractivity contribution >= 4 is 21.6 Å². The van der Waals surface area contributed by atoms with Crippen LogP contribution in [0.25, 0.3) is 0 Å². The first-order valence-electron chi connectivity index (χ1n) is 6.62. The summed E-state index contributed by atoms with van der Waals surface area (Å²) < 4.78 is 28.4. The predicted molar refractivity (Wildman–Crippen MR) is 75.5 cm³/mol. The lowest BCUT2D eigenvalue weighted by molar-refractivity contribution is 0.0527. The second-order valence-corrected chi connectivity index (χ2v) is 7.03. The van der Waals surface area contributed by atoms with Crippen molar-refractivity contribution in [2.75, 3.05) is 24.2 Å². The van der Waals surface area contributed by atoms with Crippen LogP contribution in [0.15, 0.2) is 18.3 Å². The third-order valence-electron chi connectivity index (χ3n) is 3.26. The van der Waals surface area contributed by atoms with E-state index < -0.39 is 21.1 Å². The van der Waals surface area contributed by atoms with Crippen LogP contribution in [0.5, 0.6) is 0 Å². The molecule has 0 saturated carbocycles. The van der Waals surface area contributed by atoms with Crippen molar-refractivity contribution in [3.05, 3.63) is 23.9 Å². The summed E-state index contributed by atoms with van der Waals surface area (Å²) in [6.07, 6.45) is 2.90. The Balaban J connectivity index is 2.08. The summed E-state index contributed by atoms with van der Waals surface area (Å²) >= 11 is 0. The zero-order valence-corrected chi connectivity index (χ0v) is 12.1. The minimum atomic E-state index is -3.01. The number of hydrogen-bond donors (Lipinski definition) is 1. The third-order valence-corrected chi connectivity index (χ3v) is 5.54. The molecule has 0 aromatic carbocycles. The maximum Gasteiger partial charge on any atom is 0.341 e. The number of rotatable bonds is 5. The van der Waals surface area contributed by atoms with Crippen LogP contribution in [0, 0.1) is 0 Å². The Bertz CT molecular complexity index is 586. The van der Waals surface area contributed by atoms with Gasteiger partial charge in [-0.25, -0.2) is 18.2 Å². The maximum absolute atomic E-state index is 11.8. The quantitative estimate of drug-likeness (QED) is 0.823. The average molecular weight is 298 g/mol. The van der Waals surface area contributed by atoms with Crippen molar-refractivity contribution in [2.45, 2.75) is 25.0 Å². The van der Waals surface area contributed by atoms with Gasteiger partial charge >= 0.3 is 5.97 Å². The molecule has 110 valence electrons. The molecule has 0 spiro atoms. The number of pyridine rings is 1. The van der Waals surface area contributed by atoms with Gasteiger partial charge < -0.3 is 10.1 Å². The summed E-state index contributed by atoms with van der Waals surface area (Å²) in [5, 5.41) is 2.56. The van der Waals surface area contributed by atoms with Gasteiger partial charge in [-0.05, 0) is 31.9 Å². The highest BCUT2D eigenvalue weighted by molar-refractivity contribution is 7.92. The van der Waals surface area contributed by atoms with Gasteiger partial charge in [-0.1, -0.05) is 0 Å². The Morgan fingerprint density at radius 1 is 1.55 bits per heavy atom. The molecule has 1 unspecified atom stereocenters. The Morgan fingerprint density at radius 3 is 3.00 bits per heavy atom. The molecule has 1 aliphatic rings. The number of nitrogens with zero attached hydrogens (tertiary/aromatic N) is 1. The number of sulfone groups is 1. The van der Waals surface area contributed by atoms with Crippen molar-refractivity contribution in [3.63, 3.8) is 0 Å². The molecule has 20 heavy (non-hydrogen) atoms. The van der Waals surface area contributed by atoms with Gasteiger partial charge in [-0.3, -0.25) is 0 Å². The second kappa shape index (κ2) is 6.21. The Hall–Kier alpha value is -1.63. The number of anilines is 1. The van der Waals surface area contributed by atoms with Crippen molar-refractivity contribution in [1.29, 1.82) is 0 Å². The van der Waals surface area contributed by atoms with Gasteiger partial charge in [0.1, 0.15) is 11.4 Å². The Morgan fingerprint density at radius 2 is 2.35 bits per heavy atom. The molecule has 1 aromatic rings. The number of carbonyl (C=O) groups is 1. The first-order chi connectivity index (χ1) is 9.54. The lowest BCUT2D eigenvalue weighted by Gasteiger charge is -2.13. The lowest BCUT2D eigenvalue weighted by Crippen LogP contribution is -2.26. The first kappa shape index (κ1) is 14.8. The van der Waals surface area contributed by atoms with E-state index in [0.29, 0.717) is 24.2 Å². The van der Waals surface area contributed by atoms with Crippen LogP contribution in [0.3, 0.4) is 0 Å². The minimum absolute atomic E-state index is 0.242.